The molecule has 0 aliphatic carbocycles. The van der Waals surface area contributed by atoms with Crippen molar-refractivity contribution in [3.8, 4) is 17.4 Å². The van der Waals surface area contributed by atoms with Crippen LogP contribution < -0.4 is 14.8 Å². The van der Waals surface area contributed by atoms with E-state index < -0.39 is 6.04 Å². The van der Waals surface area contributed by atoms with E-state index in [9.17, 15) is 9.59 Å². The van der Waals surface area contributed by atoms with Gasteiger partial charge in [0, 0.05) is 37.8 Å². The Hall–Kier alpha value is -3.87. The standard InChI is InChI=1S/C26H27N3O4/c1-32-21-10-7-11-22(16-21)33-23-14-13-19(17-27-23)18-28-26(31)25(20-8-3-2-4-9-20)29-15-6-5-12-24(29)30/h2-4,7-11,13-14,16-17,25H,5-6,12,15,18H2,1H3,(H,28,31). The van der Waals surface area contributed by atoms with Gasteiger partial charge >= 0.3 is 0 Å². The van der Waals surface area contributed by atoms with Crippen LogP contribution in [0.3, 0.4) is 0 Å². The molecule has 7 nitrogen and oxygen atoms in total. The molecule has 2 amide bonds. The van der Waals surface area contributed by atoms with E-state index in [1.54, 1.807) is 30.3 Å². The SMILES string of the molecule is COc1cccc(Oc2ccc(CNC(=O)C(c3ccccc3)N3CCCCC3=O)cn2)c1. The zero-order valence-electron chi connectivity index (χ0n) is 18.6. The molecule has 0 saturated carbocycles. The first-order valence-electron chi connectivity index (χ1n) is 11.0. The van der Waals surface area contributed by atoms with Crippen molar-refractivity contribution in [2.75, 3.05) is 13.7 Å². The maximum Gasteiger partial charge on any atom is 0.247 e. The van der Waals surface area contributed by atoms with Crippen LogP contribution in [0, 0.1) is 0 Å². The van der Waals surface area contributed by atoms with E-state index in [2.05, 4.69) is 10.3 Å². The van der Waals surface area contributed by atoms with Crippen LogP contribution in [0.4, 0.5) is 0 Å². The number of hydrogen-bond donors (Lipinski definition) is 1. The third-order valence-corrected chi connectivity index (χ3v) is 5.56. The molecule has 1 unspecified atom stereocenters. The number of methoxy groups -OCH3 is 1. The van der Waals surface area contributed by atoms with Crippen LogP contribution in [-0.2, 0) is 16.1 Å². The monoisotopic (exact) mass is 445 g/mol. The number of nitrogens with one attached hydrogen (secondary N) is 1. The number of pyridine rings is 1. The van der Waals surface area contributed by atoms with Gasteiger partial charge in [-0.1, -0.05) is 42.5 Å². The molecule has 2 aromatic carbocycles. The summed E-state index contributed by atoms with van der Waals surface area (Å²) < 4.78 is 11.0. The first-order valence-corrected chi connectivity index (χ1v) is 11.0. The number of carbonyl (C=O) groups excluding carboxylic acids is 2. The van der Waals surface area contributed by atoms with Gasteiger partial charge in [-0.3, -0.25) is 9.59 Å². The second-order valence-corrected chi connectivity index (χ2v) is 7.86. The van der Waals surface area contributed by atoms with E-state index in [-0.39, 0.29) is 11.8 Å². The molecule has 1 aliphatic heterocycles. The quantitative estimate of drug-likeness (QED) is 0.561. The zero-order chi connectivity index (χ0) is 23.0. The topological polar surface area (TPSA) is 80.8 Å². The average Bonchev–Trinajstić information content (AvgIpc) is 2.86. The largest absolute Gasteiger partial charge is 0.497 e. The molecule has 170 valence electrons. The van der Waals surface area contributed by atoms with Gasteiger partial charge < -0.3 is 19.7 Å². The third-order valence-electron chi connectivity index (χ3n) is 5.56. The number of ether oxygens (including phenoxy) is 2. The number of rotatable bonds is 8. The maximum absolute atomic E-state index is 13.2. The molecule has 7 heteroatoms. The molecule has 0 radical (unpaired) electrons. The summed E-state index contributed by atoms with van der Waals surface area (Å²) in [5, 5.41) is 2.97. The summed E-state index contributed by atoms with van der Waals surface area (Å²) in [6, 6.07) is 19.7. The van der Waals surface area contributed by atoms with E-state index in [4.69, 9.17) is 9.47 Å². The molecular weight excluding hydrogens is 418 g/mol. The number of likely N-dealkylation sites (tertiary alicyclic amines) is 1. The minimum Gasteiger partial charge on any atom is -0.497 e. The Balaban J connectivity index is 1.41. The predicted octanol–water partition coefficient (Wildman–Crippen LogP) is 4.25. The summed E-state index contributed by atoms with van der Waals surface area (Å²) >= 11 is 0. The smallest absolute Gasteiger partial charge is 0.247 e. The van der Waals surface area contributed by atoms with E-state index in [1.165, 1.54) is 0 Å². The average molecular weight is 446 g/mol. The molecule has 4 rings (SSSR count). The fraction of sp³-hybridized carbons (Fsp3) is 0.269. The van der Waals surface area contributed by atoms with Crippen molar-refractivity contribution >= 4 is 11.8 Å². The lowest BCUT2D eigenvalue weighted by atomic mass is 10.0. The van der Waals surface area contributed by atoms with Crippen molar-refractivity contribution in [2.24, 2.45) is 0 Å². The number of carbonyl (C=O) groups is 2. The summed E-state index contributed by atoms with van der Waals surface area (Å²) in [5.74, 6) is 1.59. The second-order valence-electron chi connectivity index (χ2n) is 7.86. The zero-order valence-corrected chi connectivity index (χ0v) is 18.6. The number of amides is 2. The lowest BCUT2D eigenvalue weighted by Crippen LogP contribution is -2.45. The highest BCUT2D eigenvalue weighted by atomic mass is 16.5. The summed E-state index contributed by atoms with van der Waals surface area (Å²) in [6.45, 7) is 0.889. The van der Waals surface area contributed by atoms with Gasteiger partial charge in [-0.2, -0.15) is 0 Å². The normalized spacial score (nSPS) is 14.5. The molecular formula is C26H27N3O4. The van der Waals surface area contributed by atoms with Gasteiger partial charge in [0.05, 0.1) is 7.11 Å². The van der Waals surface area contributed by atoms with Crippen LogP contribution >= 0.6 is 0 Å². The highest BCUT2D eigenvalue weighted by Crippen LogP contribution is 2.26. The molecule has 33 heavy (non-hydrogen) atoms. The van der Waals surface area contributed by atoms with Gasteiger partial charge in [-0.15, -0.1) is 0 Å². The molecule has 0 spiro atoms. The maximum atomic E-state index is 13.2. The van der Waals surface area contributed by atoms with Crippen molar-refractivity contribution < 1.29 is 19.1 Å². The predicted molar refractivity (Wildman–Crippen MR) is 124 cm³/mol. The Morgan fingerprint density at radius 3 is 2.61 bits per heavy atom. The summed E-state index contributed by atoms with van der Waals surface area (Å²) in [4.78, 5) is 31.7. The molecule has 0 bridgehead atoms. The van der Waals surface area contributed by atoms with E-state index >= 15 is 0 Å². The summed E-state index contributed by atoms with van der Waals surface area (Å²) in [5.41, 5.74) is 1.64. The van der Waals surface area contributed by atoms with Gasteiger partial charge in [0.2, 0.25) is 17.7 Å². The van der Waals surface area contributed by atoms with Gasteiger partial charge in [-0.05, 0) is 36.1 Å². The van der Waals surface area contributed by atoms with Gasteiger partial charge in [0.1, 0.15) is 17.5 Å². The van der Waals surface area contributed by atoms with Crippen LogP contribution in [0.2, 0.25) is 0 Å². The van der Waals surface area contributed by atoms with Crippen LogP contribution in [0.5, 0.6) is 17.4 Å². The summed E-state index contributed by atoms with van der Waals surface area (Å²) in [7, 11) is 1.60. The molecule has 3 aromatic rings. The van der Waals surface area contributed by atoms with Gasteiger partial charge in [0.25, 0.3) is 0 Å². The lowest BCUT2D eigenvalue weighted by molar-refractivity contribution is -0.142. The van der Waals surface area contributed by atoms with Crippen LogP contribution in [0.15, 0.2) is 72.9 Å². The molecule has 1 saturated heterocycles. The van der Waals surface area contributed by atoms with Crippen LogP contribution in [0.25, 0.3) is 0 Å². The molecule has 1 N–H and O–H groups in total. The fourth-order valence-electron chi connectivity index (χ4n) is 3.86. The van der Waals surface area contributed by atoms with Crippen LogP contribution in [-0.4, -0.2) is 35.4 Å². The van der Waals surface area contributed by atoms with E-state index in [0.29, 0.717) is 36.9 Å². The molecule has 1 aromatic heterocycles. The number of hydrogen-bond acceptors (Lipinski definition) is 5. The number of benzene rings is 2. The number of nitrogens with zero attached hydrogens (tertiary/aromatic N) is 2. The Labute approximate surface area is 193 Å². The number of piperidine rings is 1. The molecule has 1 atom stereocenters. The van der Waals surface area contributed by atoms with Crippen LogP contribution in [0.1, 0.15) is 36.4 Å². The van der Waals surface area contributed by atoms with Crippen molar-refractivity contribution in [3.63, 3.8) is 0 Å². The Bertz CT molecular complexity index is 1090. The lowest BCUT2D eigenvalue weighted by Gasteiger charge is -2.34. The molecule has 1 fully saturated rings. The Morgan fingerprint density at radius 2 is 1.88 bits per heavy atom. The minimum absolute atomic E-state index is 0.0194. The first-order chi connectivity index (χ1) is 16.1. The highest BCUT2D eigenvalue weighted by molar-refractivity contribution is 5.89. The Kier molecular flexibility index (Phi) is 7.19. The first kappa shape index (κ1) is 22.3. The van der Waals surface area contributed by atoms with Gasteiger partial charge in [-0.25, -0.2) is 4.98 Å². The minimum atomic E-state index is -0.636. The van der Waals surface area contributed by atoms with E-state index in [1.807, 2.05) is 54.6 Å². The van der Waals surface area contributed by atoms with Crippen molar-refractivity contribution in [2.45, 2.75) is 31.8 Å². The number of aromatic nitrogens is 1. The second kappa shape index (κ2) is 10.6. The van der Waals surface area contributed by atoms with E-state index in [0.717, 1.165) is 24.0 Å². The van der Waals surface area contributed by atoms with Crippen molar-refractivity contribution in [3.05, 3.63) is 84.1 Å². The molecule has 1 aliphatic rings. The van der Waals surface area contributed by atoms with Crippen molar-refractivity contribution in [1.29, 1.82) is 0 Å². The third kappa shape index (κ3) is 5.68. The van der Waals surface area contributed by atoms with Gasteiger partial charge in [0.15, 0.2) is 0 Å². The Morgan fingerprint density at radius 1 is 1.06 bits per heavy atom. The van der Waals surface area contributed by atoms with Crippen molar-refractivity contribution in [1.82, 2.24) is 15.2 Å². The fourth-order valence-corrected chi connectivity index (χ4v) is 3.86. The highest BCUT2D eigenvalue weighted by Gasteiger charge is 2.32. The molecule has 2 heterocycles. The summed E-state index contributed by atoms with van der Waals surface area (Å²) in [6.07, 6.45) is 3.92.